The van der Waals surface area contributed by atoms with Crippen molar-refractivity contribution in [3.8, 4) is 5.75 Å². The van der Waals surface area contributed by atoms with Crippen molar-refractivity contribution < 1.29 is 28.2 Å². The number of amides is 2. The number of methoxy groups -OCH3 is 1. The van der Waals surface area contributed by atoms with E-state index in [-0.39, 0.29) is 37.3 Å². The van der Waals surface area contributed by atoms with E-state index < -0.39 is 17.4 Å². The number of ether oxygens (including phenoxy) is 2. The van der Waals surface area contributed by atoms with Crippen molar-refractivity contribution in [3.63, 3.8) is 0 Å². The largest absolute Gasteiger partial charge is 0.496 e. The van der Waals surface area contributed by atoms with Gasteiger partial charge in [0.05, 0.1) is 18.4 Å². The fourth-order valence-electron chi connectivity index (χ4n) is 4.49. The Labute approximate surface area is 179 Å². The summed E-state index contributed by atoms with van der Waals surface area (Å²) in [6.07, 6.45) is 0.215. The molecule has 0 saturated carbocycles. The summed E-state index contributed by atoms with van der Waals surface area (Å²) in [7, 11) is 1.44. The van der Waals surface area contributed by atoms with E-state index in [2.05, 4.69) is 0 Å². The molecule has 2 amide bonds. The van der Waals surface area contributed by atoms with Crippen molar-refractivity contribution in [1.29, 1.82) is 0 Å². The maximum atomic E-state index is 13.7. The lowest BCUT2D eigenvalue weighted by Crippen LogP contribution is -2.70. The second-order valence-electron chi connectivity index (χ2n) is 7.86. The van der Waals surface area contributed by atoms with Gasteiger partial charge in [0.1, 0.15) is 18.2 Å². The Morgan fingerprint density at radius 2 is 1.94 bits per heavy atom. The predicted molar refractivity (Wildman–Crippen MR) is 110 cm³/mol. The van der Waals surface area contributed by atoms with Crippen LogP contribution in [0.4, 0.5) is 10.1 Å². The molecule has 0 N–H and O–H groups in total. The lowest BCUT2D eigenvalue weighted by molar-refractivity contribution is -0.159. The molecule has 1 unspecified atom stereocenters. The van der Waals surface area contributed by atoms with E-state index in [1.807, 2.05) is 0 Å². The van der Waals surface area contributed by atoms with E-state index in [0.29, 0.717) is 22.6 Å². The molecule has 0 aliphatic carbocycles. The minimum absolute atomic E-state index is 0.100. The third-order valence-electron chi connectivity index (χ3n) is 5.74. The molecule has 7 nitrogen and oxygen atoms in total. The first-order valence-electron chi connectivity index (χ1n) is 10.1. The standard InChI is InChI=1S/C23H23FN2O5/c1-14(2)25-21(28)17-6-4-5-7-18(17)26-20(27)10-11-23(25,26)22(29)31-13-15-12-16(24)8-9-19(15)30-3/h4-9,12,14H,10-11,13H2,1-3H3. The van der Waals surface area contributed by atoms with Crippen molar-refractivity contribution in [1.82, 2.24) is 4.90 Å². The van der Waals surface area contributed by atoms with Crippen LogP contribution < -0.4 is 9.64 Å². The second kappa shape index (κ2) is 7.68. The number of nitrogens with zero attached hydrogens (tertiary/aromatic N) is 2. The number of carbonyl (C=O) groups is 3. The van der Waals surface area contributed by atoms with Gasteiger partial charge < -0.3 is 14.4 Å². The molecule has 0 radical (unpaired) electrons. The summed E-state index contributed by atoms with van der Waals surface area (Å²) in [5, 5.41) is 0. The average Bonchev–Trinajstić information content (AvgIpc) is 3.10. The number of esters is 1. The number of rotatable bonds is 5. The number of halogens is 1. The van der Waals surface area contributed by atoms with Gasteiger partial charge in [-0.05, 0) is 44.2 Å². The molecule has 2 aromatic rings. The summed E-state index contributed by atoms with van der Waals surface area (Å²) in [6.45, 7) is 3.32. The molecule has 4 rings (SSSR count). The minimum Gasteiger partial charge on any atom is -0.496 e. The van der Waals surface area contributed by atoms with Crippen molar-refractivity contribution in [2.75, 3.05) is 12.0 Å². The Kier molecular flexibility index (Phi) is 5.16. The van der Waals surface area contributed by atoms with Crippen LogP contribution in [0.1, 0.15) is 42.6 Å². The number of anilines is 1. The molecular formula is C23H23FN2O5. The summed E-state index contributed by atoms with van der Waals surface area (Å²) in [6, 6.07) is 10.3. The number of hydrogen-bond donors (Lipinski definition) is 0. The molecule has 0 aromatic heterocycles. The van der Waals surface area contributed by atoms with Crippen molar-refractivity contribution in [2.24, 2.45) is 0 Å². The van der Waals surface area contributed by atoms with Crippen molar-refractivity contribution in [3.05, 3.63) is 59.4 Å². The molecule has 1 fully saturated rings. The maximum Gasteiger partial charge on any atom is 0.354 e. The molecule has 0 spiro atoms. The first kappa shape index (κ1) is 20.8. The normalized spacial score (nSPS) is 20.0. The third kappa shape index (κ3) is 3.13. The first-order valence-corrected chi connectivity index (χ1v) is 10.1. The van der Waals surface area contributed by atoms with Gasteiger partial charge in [-0.1, -0.05) is 12.1 Å². The van der Waals surface area contributed by atoms with Gasteiger partial charge in [0, 0.05) is 24.4 Å². The smallest absolute Gasteiger partial charge is 0.354 e. The quantitative estimate of drug-likeness (QED) is 0.686. The molecule has 2 heterocycles. The van der Waals surface area contributed by atoms with E-state index in [4.69, 9.17) is 9.47 Å². The van der Waals surface area contributed by atoms with Crippen LogP contribution in [-0.2, 0) is 20.9 Å². The summed E-state index contributed by atoms with van der Waals surface area (Å²) < 4.78 is 24.5. The Hall–Kier alpha value is -3.42. The van der Waals surface area contributed by atoms with Crippen LogP contribution in [0.3, 0.4) is 0 Å². The van der Waals surface area contributed by atoms with Gasteiger partial charge in [-0.2, -0.15) is 0 Å². The molecule has 2 aromatic carbocycles. The Morgan fingerprint density at radius 3 is 2.65 bits per heavy atom. The number of hydrogen-bond acceptors (Lipinski definition) is 5. The lowest BCUT2D eigenvalue weighted by Gasteiger charge is -2.50. The van der Waals surface area contributed by atoms with Gasteiger partial charge >= 0.3 is 5.97 Å². The van der Waals surface area contributed by atoms with Gasteiger partial charge in [-0.15, -0.1) is 0 Å². The van der Waals surface area contributed by atoms with Crippen LogP contribution in [0, 0.1) is 5.82 Å². The van der Waals surface area contributed by atoms with Crippen molar-refractivity contribution >= 4 is 23.5 Å². The Balaban J connectivity index is 1.75. The lowest BCUT2D eigenvalue weighted by atomic mass is 9.95. The molecular weight excluding hydrogens is 403 g/mol. The summed E-state index contributed by atoms with van der Waals surface area (Å²) in [4.78, 5) is 42.6. The van der Waals surface area contributed by atoms with Crippen LogP contribution in [0.2, 0.25) is 0 Å². The SMILES string of the molecule is COc1ccc(F)cc1COC(=O)C12CCC(=O)N1c1ccccc1C(=O)N2C(C)C. The molecule has 1 saturated heterocycles. The highest BCUT2D eigenvalue weighted by molar-refractivity contribution is 6.15. The van der Waals surface area contributed by atoms with Gasteiger partial charge in [0.2, 0.25) is 11.6 Å². The highest BCUT2D eigenvalue weighted by atomic mass is 19.1. The molecule has 2 aliphatic heterocycles. The van der Waals surface area contributed by atoms with Gasteiger partial charge in [-0.25, -0.2) is 9.18 Å². The minimum atomic E-state index is -1.59. The fraction of sp³-hybridized carbons (Fsp3) is 0.348. The van der Waals surface area contributed by atoms with Gasteiger partial charge in [0.15, 0.2) is 0 Å². The van der Waals surface area contributed by atoms with Crippen molar-refractivity contribution in [2.45, 2.75) is 45.0 Å². The van der Waals surface area contributed by atoms with Crippen LogP contribution in [0.25, 0.3) is 0 Å². The van der Waals surface area contributed by atoms with E-state index >= 15 is 0 Å². The Bertz CT molecular complexity index is 1070. The number of fused-ring (bicyclic) bond motifs is 3. The van der Waals surface area contributed by atoms with Crippen LogP contribution in [-0.4, -0.2) is 41.5 Å². The van der Waals surface area contributed by atoms with Gasteiger partial charge in [-0.3, -0.25) is 14.5 Å². The zero-order valence-corrected chi connectivity index (χ0v) is 17.6. The van der Waals surface area contributed by atoms with E-state index in [1.165, 1.54) is 35.1 Å². The molecule has 1 atom stereocenters. The second-order valence-corrected chi connectivity index (χ2v) is 7.86. The van der Waals surface area contributed by atoms with E-state index in [9.17, 15) is 18.8 Å². The topological polar surface area (TPSA) is 76.1 Å². The number of para-hydroxylation sites is 1. The van der Waals surface area contributed by atoms with Gasteiger partial charge in [0.25, 0.3) is 5.91 Å². The molecule has 8 heteroatoms. The van der Waals surface area contributed by atoms with Crippen LogP contribution in [0.5, 0.6) is 5.75 Å². The van der Waals surface area contributed by atoms with Crippen LogP contribution >= 0.6 is 0 Å². The molecule has 0 bridgehead atoms. The predicted octanol–water partition coefficient (Wildman–Crippen LogP) is 3.27. The number of carbonyl (C=O) groups excluding carboxylic acids is 3. The third-order valence-corrected chi connectivity index (χ3v) is 5.74. The zero-order valence-electron chi connectivity index (χ0n) is 17.6. The number of benzene rings is 2. The Morgan fingerprint density at radius 1 is 1.19 bits per heavy atom. The van der Waals surface area contributed by atoms with E-state index in [1.54, 1.807) is 38.1 Å². The maximum absolute atomic E-state index is 13.7. The first-order chi connectivity index (χ1) is 14.8. The zero-order chi connectivity index (χ0) is 22.3. The molecule has 31 heavy (non-hydrogen) atoms. The highest BCUT2D eigenvalue weighted by Gasteiger charge is 2.62. The summed E-state index contributed by atoms with van der Waals surface area (Å²) in [5.74, 6) is -1.45. The summed E-state index contributed by atoms with van der Waals surface area (Å²) >= 11 is 0. The summed E-state index contributed by atoms with van der Waals surface area (Å²) in [5.41, 5.74) is -0.479. The fourth-order valence-corrected chi connectivity index (χ4v) is 4.49. The molecule has 2 aliphatic rings. The average molecular weight is 426 g/mol. The molecule has 162 valence electrons. The monoisotopic (exact) mass is 426 g/mol. The van der Waals surface area contributed by atoms with Crippen LogP contribution in [0.15, 0.2) is 42.5 Å². The highest BCUT2D eigenvalue weighted by Crippen LogP contribution is 2.46. The van der Waals surface area contributed by atoms with E-state index in [0.717, 1.165) is 0 Å².